The molecule has 47 heavy (non-hydrogen) atoms. The summed E-state index contributed by atoms with van der Waals surface area (Å²) in [6, 6.07) is 24.4. The van der Waals surface area contributed by atoms with Gasteiger partial charge >= 0.3 is 0 Å². The Morgan fingerprint density at radius 3 is 2.47 bits per heavy atom. The largest absolute Gasteiger partial charge is 0.392 e. The van der Waals surface area contributed by atoms with Gasteiger partial charge in [0.25, 0.3) is 0 Å². The molecule has 10 heteroatoms. The maximum absolute atomic E-state index is 12.4. The summed E-state index contributed by atoms with van der Waals surface area (Å²) in [5.41, 5.74) is 5.96. The van der Waals surface area contributed by atoms with Gasteiger partial charge in [-0.3, -0.25) is 9.59 Å². The van der Waals surface area contributed by atoms with E-state index in [9.17, 15) is 14.7 Å². The second-order valence-electron chi connectivity index (χ2n) is 11.9. The van der Waals surface area contributed by atoms with Crippen LogP contribution in [0.2, 0.25) is 0 Å². The van der Waals surface area contributed by atoms with Crippen LogP contribution in [-0.4, -0.2) is 44.9 Å². The van der Waals surface area contributed by atoms with Gasteiger partial charge in [-0.1, -0.05) is 78.8 Å². The van der Waals surface area contributed by atoms with Gasteiger partial charge in [-0.15, -0.1) is 0 Å². The number of rotatable bonds is 15. The molecule has 9 nitrogen and oxygen atoms in total. The van der Waals surface area contributed by atoms with Gasteiger partial charge in [0.2, 0.25) is 11.8 Å². The molecule has 3 aromatic carbocycles. The van der Waals surface area contributed by atoms with Gasteiger partial charge < -0.3 is 29.8 Å². The average molecular weight is 657 g/mol. The first kappa shape index (κ1) is 34.4. The van der Waals surface area contributed by atoms with Crippen molar-refractivity contribution in [2.75, 3.05) is 12.3 Å². The Labute approximate surface area is 281 Å². The highest BCUT2D eigenvalue weighted by Gasteiger charge is 2.32. The van der Waals surface area contributed by atoms with Crippen LogP contribution in [0.3, 0.4) is 0 Å². The molecule has 0 spiro atoms. The molecule has 3 atom stereocenters. The number of hydrogen-bond acceptors (Lipinski definition) is 7. The van der Waals surface area contributed by atoms with Gasteiger partial charge in [0.1, 0.15) is 0 Å². The van der Waals surface area contributed by atoms with E-state index in [-0.39, 0.29) is 30.6 Å². The lowest BCUT2D eigenvalue weighted by Gasteiger charge is -2.36. The summed E-state index contributed by atoms with van der Waals surface area (Å²) in [5, 5.41) is 16.3. The molecule has 0 saturated carbocycles. The Kier molecular flexibility index (Phi) is 12.6. The zero-order valence-electron chi connectivity index (χ0n) is 27.1. The van der Waals surface area contributed by atoms with Crippen LogP contribution in [-0.2, 0) is 39.3 Å². The Bertz CT molecular complexity index is 1610. The lowest BCUT2D eigenvalue weighted by Crippen LogP contribution is -2.31. The van der Waals surface area contributed by atoms with Crippen molar-refractivity contribution in [2.24, 2.45) is 7.05 Å². The molecule has 0 aliphatic carbocycles. The molecule has 1 saturated heterocycles. The van der Waals surface area contributed by atoms with E-state index in [4.69, 9.17) is 9.47 Å². The average Bonchev–Trinajstić information content (AvgIpc) is 3.52. The van der Waals surface area contributed by atoms with E-state index in [0.29, 0.717) is 25.9 Å². The predicted octanol–water partition coefficient (Wildman–Crippen LogP) is 6.23. The van der Waals surface area contributed by atoms with E-state index in [1.165, 1.54) is 6.92 Å². The monoisotopic (exact) mass is 656 g/mol. The molecule has 0 bridgehead atoms. The van der Waals surface area contributed by atoms with Crippen molar-refractivity contribution in [3.8, 4) is 11.1 Å². The van der Waals surface area contributed by atoms with Crippen molar-refractivity contribution in [2.45, 2.75) is 75.8 Å². The third-order valence-electron chi connectivity index (χ3n) is 8.15. The zero-order chi connectivity index (χ0) is 33.0. The third-order valence-corrected chi connectivity index (χ3v) is 9.34. The fraction of sp³-hybridized carbons (Fsp3) is 0.378. The fourth-order valence-corrected chi connectivity index (χ4v) is 6.50. The summed E-state index contributed by atoms with van der Waals surface area (Å²) in [5.74, 6) is 0.739. The van der Waals surface area contributed by atoms with Crippen LogP contribution in [0.4, 0.5) is 0 Å². The summed E-state index contributed by atoms with van der Waals surface area (Å²) in [7, 11) is 1.99. The number of amides is 2. The molecule has 2 amide bonds. The summed E-state index contributed by atoms with van der Waals surface area (Å²) < 4.78 is 15.2. The molecule has 0 radical (unpaired) electrons. The zero-order valence-corrected chi connectivity index (χ0v) is 27.9. The van der Waals surface area contributed by atoms with Crippen molar-refractivity contribution in [3.05, 3.63) is 107 Å². The Hall–Kier alpha value is -3.96. The number of aryl methyl sites for hydroxylation is 1. The van der Waals surface area contributed by atoms with E-state index in [0.717, 1.165) is 63.6 Å². The first-order chi connectivity index (χ1) is 22.9. The predicted molar refractivity (Wildman–Crippen MR) is 183 cm³/mol. The second-order valence-corrected chi connectivity index (χ2v) is 12.9. The number of unbranched alkanes of at least 4 members (excludes halogenated alkanes) is 2. The van der Waals surface area contributed by atoms with Crippen molar-refractivity contribution in [3.63, 3.8) is 0 Å². The Balaban J connectivity index is 1.24. The quantitative estimate of drug-likeness (QED) is 0.103. The van der Waals surface area contributed by atoms with Crippen LogP contribution in [0.1, 0.15) is 73.7 Å². The number of carbonyl (C=O) groups is 2. The molecular weight excluding hydrogens is 612 g/mol. The Morgan fingerprint density at radius 1 is 0.936 bits per heavy atom. The number of imidazole rings is 1. The first-order valence-corrected chi connectivity index (χ1v) is 17.2. The van der Waals surface area contributed by atoms with Gasteiger partial charge in [-0.25, -0.2) is 4.98 Å². The minimum atomic E-state index is -0.557. The number of thioether (sulfide) groups is 1. The van der Waals surface area contributed by atoms with Crippen LogP contribution in [0, 0.1) is 0 Å². The number of aliphatic hydroxyl groups is 1. The molecule has 2 heterocycles. The van der Waals surface area contributed by atoms with Gasteiger partial charge in [0, 0.05) is 63.6 Å². The highest BCUT2D eigenvalue weighted by atomic mass is 32.2. The van der Waals surface area contributed by atoms with Gasteiger partial charge in [0.05, 0.1) is 18.8 Å². The van der Waals surface area contributed by atoms with E-state index < -0.39 is 6.29 Å². The number of nitrogens with one attached hydrogen (secondary N) is 2. The van der Waals surface area contributed by atoms with E-state index in [1.807, 2.05) is 66.3 Å². The molecule has 1 aliphatic rings. The third kappa shape index (κ3) is 10.3. The normalized spacial score (nSPS) is 17.7. The molecule has 248 valence electrons. The molecule has 1 aromatic heterocycles. The van der Waals surface area contributed by atoms with Crippen LogP contribution < -0.4 is 10.6 Å². The summed E-state index contributed by atoms with van der Waals surface area (Å²) in [6.07, 6.45) is 6.69. The number of aromatic nitrogens is 2. The van der Waals surface area contributed by atoms with Crippen LogP contribution in [0.5, 0.6) is 0 Å². The van der Waals surface area contributed by atoms with E-state index >= 15 is 0 Å². The number of ether oxygens (including phenoxy) is 2. The maximum atomic E-state index is 12.4. The number of benzene rings is 3. The number of hydrogen-bond donors (Lipinski definition) is 3. The highest BCUT2D eigenvalue weighted by Crippen LogP contribution is 2.40. The number of aliphatic hydroxyl groups excluding tert-OH is 1. The Morgan fingerprint density at radius 2 is 1.72 bits per heavy atom. The summed E-state index contributed by atoms with van der Waals surface area (Å²) >= 11 is 1.67. The lowest BCUT2D eigenvalue weighted by molar-refractivity contribution is -0.245. The van der Waals surface area contributed by atoms with E-state index in [1.54, 1.807) is 18.0 Å². The summed E-state index contributed by atoms with van der Waals surface area (Å²) in [6.45, 7) is 2.62. The van der Waals surface area contributed by atoms with E-state index in [2.05, 4.69) is 39.9 Å². The van der Waals surface area contributed by atoms with Gasteiger partial charge in [-0.05, 0) is 52.8 Å². The van der Waals surface area contributed by atoms with Crippen molar-refractivity contribution < 1.29 is 24.2 Å². The number of carbonyl (C=O) groups excluding carboxylic acids is 2. The van der Waals surface area contributed by atoms with Crippen LogP contribution in [0.25, 0.3) is 11.1 Å². The second kappa shape index (κ2) is 17.3. The first-order valence-electron chi connectivity index (χ1n) is 16.2. The fourth-order valence-electron chi connectivity index (χ4n) is 5.55. The smallest absolute Gasteiger partial charge is 0.220 e. The topological polar surface area (TPSA) is 115 Å². The standard InChI is InChI=1S/C37H44N4O5S/c1-26(43)38-17-5-3-4-12-35(44)40-23-28-8-6-9-30(20-28)31-10-7-11-32(21-31)36-45-33(25-47-37-39-18-19-41(37)2)22-34(46-36)29-15-13-27(24-42)14-16-29/h6-11,13-16,18-21,33-34,36,42H,3-5,12,17,22-25H2,1-2H3,(H,38,43)(H,40,44)/t33-,34+,36+/m0/s1. The minimum absolute atomic E-state index is 0.00293. The molecular formula is C37H44N4O5S. The van der Waals surface area contributed by atoms with Crippen LogP contribution in [0.15, 0.2) is 90.3 Å². The minimum Gasteiger partial charge on any atom is -0.392 e. The van der Waals surface area contributed by atoms with Gasteiger partial charge in [-0.2, -0.15) is 0 Å². The number of nitrogens with zero attached hydrogens (tertiary/aromatic N) is 2. The lowest BCUT2D eigenvalue weighted by atomic mass is 9.99. The molecule has 5 rings (SSSR count). The van der Waals surface area contributed by atoms with Crippen molar-refractivity contribution in [1.82, 2.24) is 20.2 Å². The summed E-state index contributed by atoms with van der Waals surface area (Å²) in [4.78, 5) is 27.8. The highest BCUT2D eigenvalue weighted by molar-refractivity contribution is 7.99. The molecule has 3 N–H and O–H groups in total. The molecule has 1 aliphatic heterocycles. The van der Waals surface area contributed by atoms with Crippen molar-refractivity contribution >= 4 is 23.6 Å². The van der Waals surface area contributed by atoms with Crippen LogP contribution >= 0.6 is 11.8 Å². The maximum Gasteiger partial charge on any atom is 0.220 e. The molecule has 0 unspecified atom stereocenters. The molecule has 1 fully saturated rings. The van der Waals surface area contributed by atoms with Crippen molar-refractivity contribution in [1.29, 1.82) is 0 Å². The molecule has 4 aromatic rings. The SMILES string of the molecule is CC(=O)NCCCCCC(=O)NCc1cccc(-c2cccc([C@@H]3O[C@H](CSc4nccn4C)C[C@H](c4ccc(CO)cc4)O3)c2)c1. The van der Waals surface area contributed by atoms with Gasteiger partial charge in [0.15, 0.2) is 11.4 Å².